The van der Waals surface area contributed by atoms with Gasteiger partial charge in [-0.25, -0.2) is 4.79 Å². The summed E-state index contributed by atoms with van der Waals surface area (Å²) in [5.41, 5.74) is 10.3. The Balaban J connectivity index is 2.54. The number of amides is 2. The van der Waals surface area contributed by atoms with Gasteiger partial charge in [0, 0.05) is 28.9 Å². The number of carbonyl (C=O) groups excluding carboxylic acids is 2. The van der Waals surface area contributed by atoms with Crippen molar-refractivity contribution in [1.82, 2.24) is 4.98 Å². The third-order valence-corrected chi connectivity index (χ3v) is 4.00. The molecule has 0 saturated heterocycles. The highest BCUT2D eigenvalue weighted by Gasteiger charge is 2.51. The molecule has 22 heavy (non-hydrogen) atoms. The number of hydrogen-bond donors (Lipinski definition) is 3. The van der Waals surface area contributed by atoms with Gasteiger partial charge in [0.25, 0.3) is 5.91 Å². The third kappa shape index (κ3) is 2.64. The molecule has 0 aliphatic heterocycles. The van der Waals surface area contributed by atoms with Crippen LogP contribution in [0.2, 0.25) is 0 Å². The van der Waals surface area contributed by atoms with Gasteiger partial charge in [0.1, 0.15) is 0 Å². The number of nitrogens with two attached hydrogens (primary N) is 2. The van der Waals surface area contributed by atoms with Crippen LogP contribution in [0.1, 0.15) is 26.3 Å². The Morgan fingerprint density at radius 2 is 1.82 bits per heavy atom. The van der Waals surface area contributed by atoms with Crippen LogP contribution in [0.4, 0.5) is 4.79 Å². The topological polar surface area (TPSA) is 111 Å². The van der Waals surface area contributed by atoms with Gasteiger partial charge in [-0.05, 0) is 11.6 Å². The van der Waals surface area contributed by atoms with Crippen LogP contribution in [0.15, 0.2) is 30.5 Å². The van der Waals surface area contributed by atoms with E-state index in [-0.39, 0.29) is 6.42 Å². The number of fused-ring (bicyclic) bond motifs is 1. The van der Waals surface area contributed by atoms with E-state index in [1.165, 1.54) is 0 Å². The molecular formula is C16H21N3O3. The van der Waals surface area contributed by atoms with Crippen molar-refractivity contribution in [3.05, 3.63) is 36.0 Å². The molecule has 0 aliphatic carbocycles. The molecule has 0 aliphatic rings. The van der Waals surface area contributed by atoms with Crippen LogP contribution in [0.3, 0.4) is 0 Å². The molecule has 0 spiro atoms. The SMILES string of the molecule is CC(C)(C)[C@@](Cc1c[nH]c2ccccc12)(OC(N)=O)C(N)=O. The normalized spacial score (nSPS) is 14.5. The first-order valence-corrected chi connectivity index (χ1v) is 7.01. The first-order valence-electron chi connectivity index (χ1n) is 7.01. The van der Waals surface area contributed by atoms with Crippen molar-refractivity contribution >= 4 is 22.9 Å². The molecule has 0 bridgehead atoms. The number of rotatable bonds is 4. The van der Waals surface area contributed by atoms with Crippen molar-refractivity contribution in [3.63, 3.8) is 0 Å². The highest BCUT2D eigenvalue weighted by atomic mass is 16.6. The van der Waals surface area contributed by atoms with Crippen LogP contribution in [0, 0.1) is 5.41 Å². The van der Waals surface area contributed by atoms with Crippen LogP contribution in [-0.4, -0.2) is 22.6 Å². The second kappa shape index (κ2) is 5.36. The second-order valence-electron chi connectivity index (χ2n) is 6.40. The monoisotopic (exact) mass is 303 g/mol. The largest absolute Gasteiger partial charge is 0.432 e. The highest BCUT2D eigenvalue weighted by Crippen LogP contribution is 2.38. The Labute approximate surface area is 128 Å². The lowest BCUT2D eigenvalue weighted by atomic mass is 9.72. The molecule has 1 atom stereocenters. The van der Waals surface area contributed by atoms with Crippen molar-refractivity contribution in [2.45, 2.75) is 32.8 Å². The number of aromatic nitrogens is 1. The number of benzene rings is 1. The number of H-pyrrole nitrogens is 1. The predicted octanol–water partition coefficient (Wildman–Crippen LogP) is 2.08. The summed E-state index contributed by atoms with van der Waals surface area (Å²) in [6.45, 7) is 5.36. The average Bonchev–Trinajstić information content (AvgIpc) is 2.79. The Morgan fingerprint density at radius 1 is 1.18 bits per heavy atom. The molecule has 6 nitrogen and oxygen atoms in total. The number of aromatic amines is 1. The van der Waals surface area contributed by atoms with E-state index in [9.17, 15) is 9.59 Å². The summed E-state index contributed by atoms with van der Waals surface area (Å²) in [7, 11) is 0. The minimum absolute atomic E-state index is 0.152. The second-order valence-corrected chi connectivity index (χ2v) is 6.40. The molecule has 0 fully saturated rings. The standard InChI is InChI=1S/C16H21N3O3/c1-15(2,3)16(13(17)20,22-14(18)21)8-10-9-19-12-7-5-4-6-11(10)12/h4-7,9,19H,8H2,1-3H3,(H2,17,20)(H2,18,21)/t16-/m0/s1. The van der Waals surface area contributed by atoms with E-state index in [4.69, 9.17) is 16.2 Å². The molecule has 1 aromatic carbocycles. The fourth-order valence-corrected chi connectivity index (χ4v) is 2.68. The van der Waals surface area contributed by atoms with Gasteiger partial charge >= 0.3 is 6.09 Å². The van der Waals surface area contributed by atoms with Gasteiger partial charge < -0.3 is 21.2 Å². The van der Waals surface area contributed by atoms with E-state index in [2.05, 4.69) is 4.98 Å². The lowest BCUT2D eigenvalue weighted by Gasteiger charge is -2.40. The Morgan fingerprint density at radius 3 is 2.36 bits per heavy atom. The smallest absolute Gasteiger partial charge is 0.405 e. The van der Waals surface area contributed by atoms with E-state index in [0.29, 0.717) is 0 Å². The van der Waals surface area contributed by atoms with Gasteiger partial charge in [-0.3, -0.25) is 4.79 Å². The van der Waals surface area contributed by atoms with E-state index in [1.807, 2.05) is 24.3 Å². The van der Waals surface area contributed by atoms with Crippen LogP contribution >= 0.6 is 0 Å². The molecule has 2 rings (SSSR count). The van der Waals surface area contributed by atoms with Gasteiger partial charge in [0.05, 0.1) is 0 Å². The first-order chi connectivity index (χ1) is 10.2. The maximum Gasteiger partial charge on any atom is 0.405 e. The number of para-hydroxylation sites is 1. The average molecular weight is 303 g/mol. The maximum atomic E-state index is 12.1. The Bertz CT molecular complexity index is 715. The number of nitrogens with one attached hydrogen (secondary N) is 1. The van der Waals surface area contributed by atoms with Crippen LogP contribution in [0.5, 0.6) is 0 Å². The number of carbonyl (C=O) groups is 2. The molecule has 2 amide bonds. The summed E-state index contributed by atoms with van der Waals surface area (Å²) in [6.07, 6.45) is 0.922. The molecule has 2 aromatic rings. The minimum Gasteiger partial charge on any atom is -0.432 e. The Kier molecular flexibility index (Phi) is 3.87. The van der Waals surface area contributed by atoms with E-state index >= 15 is 0 Å². The number of ether oxygens (including phenoxy) is 1. The van der Waals surface area contributed by atoms with Crippen molar-refractivity contribution in [3.8, 4) is 0 Å². The minimum atomic E-state index is -1.52. The van der Waals surface area contributed by atoms with Crippen molar-refractivity contribution < 1.29 is 14.3 Å². The third-order valence-electron chi connectivity index (χ3n) is 4.00. The predicted molar refractivity (Wildman–Crippen MR) is 84.1 cm³/mol. The zero-order chi connectivity index (χ0) is 16.5. The van der Waals surface area contributed by atoms with Crippen molar-refractivity contribution in [1.29, 1.82) is 0 Å². The maximum absolute atomic E-state index is 12.1. The van der Waals surface area contributed by atoms with Gasteiger partial charge in [-0.2, -0.15) is 0 Å². The lowest BCUT2D eigenvalue weighted by Crippen LogP contribution is -2.58. The first kappa shape index (κ1) is 15.9. The van der Waals surface area contributed by atoms with Crippen LogP contribution < -0.4 is 11.5 Å². The summed E-state index contributed by atoms with van der Waals surface area (Å²) < 4.78 is 5.24. The summed E-state index contributed by atoms with van der Waals surface area (Å²) in [6, 6.07) is 7.67. The lowest BCUT2D eigenvalue weighted by molar-refractivity contribution is -0.148. The molecule has 1 aromatic heterocycles. The highest BCUT2D eigenvalue weighted by molar-refractivity contribution is 5.89. The van der Waals surface area contributed by atoms with E-state index < -0.39 is 23.0 Å². The Hall–Kier alpha value is -2.50. The molecule has 118 valence electrons. The van der Waals surface area contributed by atoms with Gasteiger partial charge in [-0.15, -0.1) is 0 Å². The summed E-state index contributed by atoms with van der Waals surface area (Å²) in [4.78, 5) is 26.6. The van der Waals surface area contributed by atoms with E-state index in [1.54, 1.807) is 27.0 Å². The molecule has 0 radical (unpaired) electrons. The fourth-order valence-electron chi connectivity index (χ4n) is 2.68. The van der Waals surface area contributed by atoms with Gasteiger partial charge in [0.15, 0.2) is 0 Å². The van der Waals surface area contributed by atoms with Crippen LogP contribution in [0.25, 0.3) is 10.9 Å². The van der Waals surface area contributed by atoms with Crippen molar-refractivity contribution in [2.24, 2.45) is 16.9 Å². The molecule has 5 N–H and O–H groups in total. The molecule has 0 unspecified atom stereocenters. The van der Waals surface area contributed by atoms with Crippen molar-refractivity contribution in [2.75, 3.05) is 0 Å². The fraction of sp³-hybridized carbons (Fsp3) is 0.375. The molecular weight excluding hydrogens is 282 g/mol. The van der Waals surface area contributed by atoms with Gasteiger partial charge in [0.2, 0.25) is 5.60 Å². The summed E-state index contributed by atoms with van der Waals surface area (Å²) in [5.74, 6) is -0.718. The molecule has 1 heterocycles. The van der Waals surface area contributed by atoms with Crippen LogP contribution in [-0.2, 0) is 16.0 Å². The zero-order valence-electron chi connectivity index (χ0n) is 13.0. The number of primary amides is 2. The zero-order valence-corrected chi connectivity index (χ0v) is 13.0. The van der Waals surface area contributed by atoms with Gasteiger partial charge in [-0.1, -0.05) is 39.0 Å². The van der Waals surface area contributed by atoms with E-state index in [0.717, 1.165) is 16.5 Å². The quantitative estimate of drug-likeness (QED) is 0.803. The molecule has 6 heteroatoms. The summed E-state index contributed by atoms with van der Waals surface area (Å²) >= 11 is 0. The number of hydrogen-bond acceptors (Lipinski definition) is 3. The summed E-state index contributed by atoms with van der Waals surface area (Å²) in [5, 5.41) is 0.949. The molecule has 0 saturated carbocycles.